The Morgan fingerprint density at radius 3 is 2.71 bits per heavy atom. The second-order valence-corrected chi connectivity index (χ2v) is 4.54. The Balaban J connectivity index is 2.60. The third-order valence-corrected chi connectivity index (χ3v) is 2.82. The van der Waals surface area contributed by atoms with E-state index in [2.05, 4.69) is 5.32 Å². The summed E-state index contributed by atoms with van der Waals surface area (Å²) < 4.78 is 5.12. The molecule has 0 radical (unpaired) electrons. The van der Waals surface area contributed by atoms with E-state index in [1.165, 1.54) is 17.8 Å². The highest BCUT2D eigenvalue weighted by Gasteiger charge is 2.21. The number of rotatable bonds is 6. The fraction of sp³-hybridized carbons (Fsp3) is 0.455. The van der Waals surface area contributed by atoms with E-state index in [9.17, 15) is 9.59 Å². The van der Waals surface area contributed by atoms with Crippen LogP contribution in [0.15, 0.2) is 16.5 Å². The number of carbonyl (C=O) groups excluding carboxylic acids is 1. The molecule has 0 aliphatic rings. The largest absolute Gasteiger partial charge is 0.480 e. The van der Waals surface area contributed by atoms with E-state index in [-0.39, 0.29) is 5.76 Å². The van der Waals surface area contributed by atoms with Gasteiger partial charge in [-0.2, -0.15) is 11.8 Å². The number of aliphatic carboxylic acids is 1. The van der Waals surface area contributed by atoms with Crippen LogP contribution in [0, 0.1) is 6.92 Å². The highest BCUT2D eigenvalue weighted by molar-refractivity contribution is 7.98. The van der Waals surface area contributed by atoms with Crippen LogP contribution in [0.2, 0.25) is 0 Å². The molecule has 0 spiro atoms. The standard InChI is InChI=1S/C11H15NO4S/c1-7-3-4-9(16-7)10(13)12-8(11(14)15)5-6-17-2/h3-4,8H,5-6H2,1-2H3,(H,12,13)(H,14,15)/t8-/m1/s1. The molecule has 1 atom stereocenters. The average molecular weight is 257 g/mol. The van der Waals surface area contributed by atoms with Gasteiger partial charge < -0.3 is 14.8 Å². The molecule has 1 rings (SSSR count). The van der Waals surface area contributed by atoms with Gasteiger partial charge >= 0.3 is 5.97 Å². The predicted octanol–water partition coefficient (Wildman–Crippen LogP) is 1.52. The van der Waals surface area contributed by atoms with Gasteiger partial charge in [0.25, 0.3) is 5.91 Å². The van der Waals surface area contributed by atoms with Crippen LogP contribution in [-0.4, -0.2) is 35.0 Å². The van der Waals surface area contributed by atoms with Crippen LogP contribution in [-0.2, 0) is 4.79 Å². The van der Waals surface area contributed by atoms with Gasteiger partial charge in [0.1, 0.15) is 11.8 Å². The fourth-order valence-corrected chi connectivity index (χ4v) is 1.75. The third-order valence-electron chi connectivity index (χ3n) is 2.18. The quantitative estimate of drug-likeness (QED) is 0.807. The summed E-state index contributed by atoms with van der Waals surface area (Å²) in [6.45, 7) is 1.72. The van der Waals surface area contributed by atoms with Gasteiger partial charge in [-0.15, -0.1) is 0 Å². The van der Waals surface area contributed by atoms with Gasteiger partial charge in [-0.3, -0.25) is 4.79 Å². The van der Waals surface area contributed by atoms with Crippen LogP contribution < -0.4 is 5.32 Å². The van der Waals surface area contributed by atoms with Crippen molar-refractivity contribution < 1.29 is 19.1 Å². The van der Waals surface area contributed by atoms with Gasteiger partial charge in [0.05, 0.1) is 0 Å². The summed E-state index contributed by atoms with van der Waals surface area (Å²) in [4.78, 5) is 22.6. The average Bonchev–Trinajstić information content (AvgIpc) is 2.70. The number of furan rings is 1. The maximum Gasteiger partial charge on any atom is 0.326 e. The van der Waals surface area contributed by atoms with Crippen LogP contribution in [0.1, 0.15) is 22.7 Å². The SMILES string of the molecule is CSCC[C@@H](NC(=O)c1ccc(C)o1)C(=O)O. The topological polar surface area (TPSA) is 79.5 Å². The van der Waals surface area contributed by atoms with E-state index in [4.69, 9.17) is 9.52 Å². The maximum absolute atomic E-state index is 11.7. The Kier molecular flexibility index (Phi) is 5.09. The van der Waals surface area contributed by atoms with Gasteiger partial charge in [0.2, 0.25) is 0 Å². The first-order valence-corrected chi connectivity index (χ1v) is 6.53. The van der Waals surface area contributed by atoms with E-state index in [0.717, 1.165) is 0 Å². The minimum atomic E-state index is -1.03. The Bertz CT molecular complexity index is 402. The Morgan fingerprint density at radius 1 is 1.53 bits per heavy atom. The van der Waals surface area contributed by atoms with Crippen LogP contribution >= 0.6 is 11.8 Å². The van der Waals surface area contributed by atoms with Crippen molar-refractivity contribution in [3.05, 3.63) is 23.7 Å². The lowest BCUT2D eigenvalue weighted by molar-refractivity contribution is -0.139. The lowest BCUT2D eigenvalue weighted by atomic mass is 10.2. The van der Waals surface area contributed by atoms with E-state index in [0.29, 0.717) is 17.9 Å². The van der Waals surface area contributed by atoms with Crippen molar-refractivity contribution in [1.29, 1.82) is 0 Å². The molecule has 1 heterocycles. The molecule has 94 valence electrons. The number of thioether (sulfide) groups is 1. The molecule has 6 heteroatoms. The number of carboxylic acids is 1. The first kappa shape index (κ1) is 13.6. The van der Waals surface area contributed by atoms with Crippen LogP contribution in [0.4, 0.5) is 0 Å². The van der Waals surface area contributed by atoms with Gasteiger partial charge in [-0.25, -0.2) is 4.79 Å². The van der Waals surface area contributed by atoms with Crippen molar-refractivity contribution in [2.75, 3.05) is 12.0 Å². The summed E-state index contributed by atoms with van der Waals surface area (Å²) in [5, 5.41) is 11.4. The fourth-order valence-electron chi connectivity index (χ4n) is 1.28. The molecule has 0 fully saturated rings. The lowest BCUT2D eigenvalue weighted by Gasteiger charge is -2.12. The number of hydrogen-bond donors (Lipinski definition) is 2. The molecular weight excluding hydrogens is 242 g/mol. The van der Waals surface area contributed by atoms with Crippen molar-refractivity contribution in [3.63, 3.8) is 0 Å². The molecule has 0 aliphatic heterocycles. The predicted molar refractivity (Wildman–Crippen MR) is 65.3 cm³/mol. The summed E-state index contributed by atoms with van der Waals surface area (Å²) in [7, 11) is 0. The molecule has 0 aromatic carbocycles. The molecule has 1 amide bonds. The number of aryl methyl sites for hydroxylation is 1. The molecule has 0 unspecified atom stereocenters. The zero-order valence-corrected chi connectivity index (χ0v) is 10.5. The molecule has 0 saturated heterocycles. The number of nitrogens with one attached hydrogen (secondary N) is 1. The normalized spacial score (nSPS) is 12.1. The van der Waals surface area contributed by atoms with Crippen molar-refractivity contribution in [2.45, 2.75) is 19.4 Å². The van der Waals surface area contributed by atoms with Gasteiger partial charge in [-0.1, -0.05) is 0 Å². The Morgan fingerprint density at radius 2 is 2.24 bits per heavy atom. The molecule has 0 aliphatic carbocycles. The van der Waals surface area contributed by atoms with Crippen LogP contribution in [0.5, 0.6) is 0 Å². The molecule has 5 nitrogen and oxygen atoms in total. The summed E-state index contributed by atoms with van der Waals surface area (Å²) >= 11 is 1.54. The number of hydrogen-bond acceptors (Lipinski definition) is 4. The van der Waals surface area contributed by atoms with E-state index < -0.39 is 17.9 Å². The van der Waals surface area contributed by atoms with E-state index in [1.807, 2.05) is 6.26 Å². The molecule has 0 saturated carbocycles. The first-order chi connectivity index (χ1) is 8.04. The Labute approximate surface area is 104 Å². The van der Waals surface area contributed by atoms with Gasteiger partial charge in [-0.05, 0) is 37.5 Å². The smallest absolute Gasteiger partial charge is 0.326 e. The van der Waals surface area contributed by atoms with Crippen molar-refractivity contribution in [3.8, 4) is 0 Å². The van der Waals surface area contributed by atoms with Crippen LogP contribution in [0.25, 0.3) is 0 Å². The summed E-state index contributed by atoms with van der Waals surface area (Å²) in [5.41, 5.74) is 0. The van der Waals surface area contributed by atoms with Crippen LogP contribution in [0.3, 0.4) is 0 Å². The second-order valence-electron chi connectivity index (χ2n) is 3.56. The molecule has 1 aromatic rings. The van der Waals surface area contributed by atoms with Gasteiger partial charge in [0.15, 0.2) is 5.76 Å². The van der Waals surface area contributed by atoms with Gasteiger partial charge in [0, 0.05) is 0 Å². The van der Waals surface area contributed by atoms with E-state index in [1.54, 1.807) is 13.0 Å². The van der Waals surface area contributed by atoms with Crippen molar-refractivity contribution >= 4 is 23.6 Å². The lowest BCUT2D eigenvalue weighted by Crippen LogP contribution is -2.41. The summed E-state index contributed by atoms with van der Waals surface area (Å²) in [6.07, 6.45) is 2.28. The number of carboxylic acid groups (broad SMARTS) is 1. The highest BCUT2D eigenvalue weighted by Crippen LogP contribution is 2.07. The molecule has 2 N–H and O–H groups in total. The summed E-state index contributed by atoms with van der Waals surface area (Å²) in [5.74, 6) is -0.0969. The zero-order chi connectivity index (χ0) is 12.8. The molecular formula is C11H15NO4S. The van der Waals surface area contributed by atoms with Crippen molar-refractivity contribution in [2.24, 2.45) is 0 Å². The zero-order valence-electron chi connectivity index (χ0n) is 9.73. The molecule has 1 aromatic heterocycles. The summed E-state index contributed by atoms with van der Waals surface area (Å²) in [6, 6.07) is 2.31. The van der Waals surface area contributed by atoms with Crippen molar-refractivity contribution in [1.82, 2.24) is 5.32 Å². The number of amides is 1. The molecule has 17 heavy (non-hydrogen) atoms. The number of carbonyl (C=O) groups is 2. The molecule has 0 bridgehead atoms. The first-order valence-electron chi connectivity index (χ1n) is 5.13. The second kappa shape index (κ2) is 6.34. The minimum Gasteiger partial charge on any atom is -0.480 e. The highest BCUT2D eigenvalue weighted by atomic mass is 32.2. The third kappa shape index (κ3) is 4.14. The van der Waals surface area contributed by atoms with E-state index >= 15 is 0 Å². The minimum absolute atomic E-state index is 0.137. The Hall–Kier alpha value is -1.43. The maximum atomic E-state index is 11.7. The monoisotopic (exact) mass is 257 g/mol.